The number of rotatable bonds is 1. The van der Waals surface area contributed by atoms with Gasteiger partial charge in [0.2, 0.25) is 0 Å². The Morgan fingerprint density at radius 2 is 1.87 bits per heavy atom. The summed E-state index contributed by atoms with van der Waals surface area (Å²) in [5, 5.41) is 0. The van der Waals surface area contributed by atoms with Crippen molar-refractivity contribution in [2.75, 3.05) is 0 Å². The first-order valence-corrected chi connectivity index (χ1v) is 5.39. The molecule has 1 fully saturated rings. The number of benzene rings is 1. The maximum absolute atomic E-state index is 13.5. The SMILES string of the molecule is NC1CCCCC1c1cccc(F)c1F. The average molecular weight is 211 g/mol. The quantitative estimate of drug-likeness (QED) is 0.759. The van der Waals surface area contributed by atoms with Crippen molar-refractivity contribution < 1.29 is 8.78 Å². The molecule has 2 atom stereocenters. The fourth-order valence-electron chi connectivity index (χ4n) is 2.35. The molecule has 0 saturated heterocycles. The van der Waals surface area contributed by atoms with Crippen LogP contribution in [0.5, 0.6) is 0 Å². The summed E-state index contributed by atoms with van der Waals surface area (Å²) in [6.07, 6.45) is 3.91. The predicted molar refractivity (Wildman–Crippen MR) is 55.5 cm³/mol. The highest BCUT2D eigenvalue weighted by molar-refractivity contribution is 5.25. The summed E-state index contributed by atoms with van der Waals surface area (Å²) < 4.78 is 26.6. The summed E-state index contributed by atoms with van der Waals surface area (Å²) in [7, 11) is 0. The maximum Gasteiger partial charge on any atom is 0.162 e. The van der Waals surface area contributed by atoms with E-state index in [9.17, 15) is 8.78 Å². The largest absolute Gasteiger partial charge is 0.327 e. The van der Waals surface area contributed by atoms with Gasteiger partial charge in [-0.3, -0.25) is 0 Å². The van der Waals surface area contributed by atoms with Gasteiger partial charge in [-0.15, -0.1) is 0 Å². The highest BCUT2D eigenvalue weighted by atomic mass is 19.2. The minimum absolute atomic E-state index is 0.0190. The second-order valence-corrected chi connectivity index (χ2v) is 4.20. The lowest BCUT2D eigenvalue weighted by molar-refractivity contribution is 0.370. The van der Waals surface area contributed by atoms with Gasteiger partial charge >= 0.3 is 0 Å². The van der Waals surface area contributed by atoms with Crippen LogP contribution in [0, 0.1) is 11.6 Å². The predicted octanol–water partition coefficient (Wildman–Crippen LogP) is 2.95. The third kappa shape index (κ3) is 2.02. The molecule has 2 unspecified atom stereocenters. The Balaban J connectivity index is 2.31. The molecule has 15 heavy (non-hydrogen) atoms. The number of hydrogen-bond donors (Lipinski definition) is 1. The van der Waals surface area contributed by atoms with Crippen molar-refractivity contribution in [1.29, 1.82) is 0 Å². The monoisotopic (exact) mass is 211 g/mol. The lowest BCUT2D eigenvalue weighted by Crippen LogP contribution is -2.32. The van der Waals surface area contributed by atoms with Gasteiger partial charge in [0.25, 0.3) is 0 Å². The summed E-state index contributed by atoms with van der Waals surface area (Å²) in [5.74, 6) is -1.51. The van der Waals surface area contributed by atoms with Crippen molar-refractivity contribution in [2.24, 2.45) is 5.73 Å². The third-order valence-electron chi connectivity index (χ3n) is 3.20. The second kappa shape index (κ2) is 4.27. The molecule has 1 nitrogen and oxygen atoms in total. The Hall–Kier alpha value is -0.960. The van der Waals surface area contributed by atoms with E-state index < -0.39 is 11.6 Å². The zero-order chi connectivity index (χ0) is 10.8. The lowest BCUT2D eigenvalue weighted by atomic mass is 9.80. The molecule has 0 amide bonds. The molecule has 1 saturated carbocycles. The van der Waals surface area contributed by atoms with Crippen LogP contribution >= 0.6 is 0 Å². The van der Waals surface area contributed by atoms with Gasteiger partial charge in [0.15, 0.2) is 11.6 Å². The van der Waals surface area contributed by atoms with Crippen molar-refractivity contribution in [3.05, 3.63) is 35.4 Å². The van der Waals surface area contributed by atoms with Crippen LogP contribution < -0.4 is 5.73 Å². The van der Waals surface area contributed by atoms with Crippen LogP contribution in [0.4, 0.5) is 8.78 Å². The van der Waals surface area contributed by atoms with E-state index in [-0.39, 0.29) is 12.0 Å². The summed E-state index contributed by atoms with van der Waals surface area (Å²) in [4.78, 5) is 0. The molecule has 0 heterocycles. The summed E-state index contributed by atoms with van der Waals surface area (Å²) >= 11 is 0. The lowest BCUT2D eigenvalue weighted by Gasteiger charge is -2.29. The van der Waals surface area contributed by atoms with Gasteiger partial charge < -0.3 is 5.73 Å². The molecule has 0 radical (unpaired) electrons. The average Bonchev–Trinajstić information content (AvgIpc) is 2.23. The second-order valence-electron chi connectivity index (χ2n) is 4.20. The fourth-order valence-corrected chi connectivity index (χ4v) is 2.35. The molecule has 3 heteroatoms. The van der Waals surface area contributed by atoms with Crippen LogP contribution in [0.2, 0.25) is 0 Å². The Morgan fingerprint density at radius 3 is 2.60 bits per heavy atom. The van der Waals surface area contributed by atoms with Crippen molar-refractivity contribution >= 4 is 0 Å². The molecular weight excluding hydrogens is 196 g/mol. The number of nitrogens with two attached hydrogens (primary N) is 1. The zero-order valence-electron chi connectivity index (χ0n) is 8.55. The molecule has 2 N–H and O–H groups in total. The zero-order valence-corrected chi connectivity index (χ0v) is 8.55. The van der Waals surface area contributed by atoms with E-state index >= 15 is 0 Å². The molecule has 1 aromatic carbocycles. The Morgan fingerprint density at radius 1 is 1.13 bits per heavy atom. The van der Waals surface area contributed by atoms with E-state index in [4.69, 9.17) is 5.73 Å². The van der Waals surface area contributed by atoms with Crippen molar-refractivity contribution in [3.63, 3.8) is 0 Å². The highest BCUT2D eigenvalue weighted by Gasteiger charge is 2.26. The van der Waals surface area contributed by atoms with Crippen molar-refractivity contribution in [3.8, 4) is 0 Å². The van der Waals surface area contributed by atoms with Crippen LogP contribution in [0.1, 0.15) is 37.2 Å². The Kier molecular flexibility index (Phi) is 3.00. The van der Waals surface area contributed by atoms with Gasteiger partial charge in [0.05, 0.1) is 0 Å². The normalized spacial score (nSPS) is 26.6. The van der Waals surface area contributed by atoms with E-state index in [1.807, 2.05) is 0 Å². The van der Waals surface area contributed by atoms with Crippen LogP contribution in [-0.2, 0) is 0 Å². The molecule has 82 valence electrons. The minimum atomic E-state index is -0.773. The summed E-state index contributed by atoms with van der Waals surface area (Å²) in [5.41, 5.74) is 6.39. The van der Waals surface area contributed by atoms with Gasteiger partial charge in [-0.25, -0.2) is 8.78 Å². The molecule has 1 aromatic rings. The van der Waals surface area contributed by atoms with E-state index in [0.717, 1.165) is 31.7 Å². The molecule has 0 spiro atoms. The first-order valence-electron chi connectivity index (χ1n) is 5.39. The van der Waals surface area contributed by atoms with Gasteiger partial charge in [0.1, 0.15) is 0 Å². The molecule has 2 rings (SSSR count). The van der Waals surface area contributed by atoms with E-state index in [1.54, 1.807) is 12.1 Å². The van der Waals surface area contributed by atoms with Gasteiger partial charge in [0, 0.05) is 12.0 Å². The molecule has 0 bridgehead atoms. The van der Waals surface area contributed by atoms with E-state index in [1.165, 1.54) is 0 Å². The topological polar surface area (TPSA) is 26.0 Å². The van der Waals surface area contributed by atoms with Crippen molar-refractivity contribution in [2.45, 2.75) is 37.6 Å². The van der Waals surface area contributed by atoms with Gasteiger partial charge in [-0.1, -0.05) is 25.0 Å². The van der Waals surface area contributed by atoms with E-state index in [2.05, 4.69) is 0 Å². The minimum Gasteiger partial charge on any atom is -0.327 e. The van der Waals surface area contributed by atoms with Crippen LogP contribution in [0.3, 0.4) is 0 Å². The standard InChI is InChI=1S/C12H15F2N/c13-10-6-3-5-9(12(10)14)8-4-1-2-7-11(8)15/h3,5-6,8,11H,1-2,4,7,15H2. The Labute approximate surface area is 88.3 Å². The van der Waals surface area contributed by atoms with Crippen LogP contribution in [0.15, 0.2) is 18.2 Å². The summed E-state index contributed by atoms with van der Waals surface area (Å²) in [6.45, 7) is 0. The van der Waals surface area contributed by atoms with Crippen molar-refractivity contribution in [1.82, 2.24) is 0 Å². The molecule has 1 aliphatic carbocycles. The number of hydrogen-bond acceptors (Lipinski definition) is 1. The first-order chi connectivity index (χ1) is 7.20. The number of halogens is 2. The third-order valence-corrected chi connectivity index (χ3v) is 3.20. The molecular formula is C12H15F2N. The van der Waals surface area contributed by atoms with Gasteiger partial charge in [-0.05, 0) is 24.5 Å². The summed E-state index contributed by atoms with van der Waals surface area (Å²) in [6, 6.07) is 4.31. The fraction of sp³-hybridized carbons (Fsp3) is 0.500. The smallest absolute Gasteiger partial charge is 0.162 e. The van der Waals surface area contributed by atoms with Crippen LogP contribution in [0.25, 0.3) is 0 Å². The molecule has 0 aromatic heterocycles. The molecule has 0 aliphatic heterocycles. The Bertz CT molecular complexity index is 351. The van der Waals surface area contributed by atoms with E-state index in [0.29, 0.717) is 5.56 Å². The first kappa shape index (κ1) is 10.6. The molecule has 1 aliphatic rings. The maximum atomic E-state index is 13.5. The highest BCUT2D eigenvalue weighted by Crippen LogP contribution is 2.33. The van der Waals surface area contributed by atoms with Crippen LogP contribution in [-0.4, -0.2) is 6.04 Å². The van der Waals surface area contributed by atoms with Gasteiger partial charge in [-0.2, -0.15) is 0 Å².